The monoisotopic (exact) mass is 479 g/mol. The number of carbonyl (C=O) groups is 3. The molecule has 0 aliphatic carbocycles. The van der Waals surface area contributed by atoms with Crippen LogP contribution < -0.4 is 19.5 Å². The quantitative estimate of drug-likeness (QED) is 0.483. The lowest BCUT2D eigenvalue weighted by atomic mass is 10.0. The predicted molar refractivity (Wildman–Crippen MR) is 124 cm³/mol. The summed E-state index contributed by atoms with van der Waals surface area (Å²) in [6.45, 7) is 5.44. The molecule has 1 aromatic heterocycles. The van der Waals surface area contributed by atoms with E-state index < -0.39 is 24.5 Å². The highest BCUT2D eigenvalue weighted by atomic mass is 32.1. The van der Waals surface area contributed by atoms with E-state index in [-0.39, 0.29) is 23.7 Å². The first-order chi connectivity index (χ1) is 15.8. The molecule has 0 spiro atoms. The first kappa shape index (κ1) is 26.0. The topological polar surface area (TPSA) is 109 Å². The fourth-order valence-electron chi connectivity index (χ4n) is 3.14. The van der Waals surface area contributed by atoms with Gasteiger partial charge in [-0.1, -0.05) is 13.8 Å². The molecule has 9 nitrogen and oxygen atoms in total. The van der Waals surface area contributed by atoms with Crippen LogP contribution in [0.25, 0.3) is 0 Å². The number of hydrogen-bond donors (Lipinski definition) is 1. The third kappa shape index (κ3) is 6.38. The van der Waals surface area contributed by atoms with Crippen molar-refractivity contribution in [1.82, 2.24) is 0 Å². The predicted octanol–water partition coefficient (Wildman–Crippen LogP) is 3.94. The Hall–Kier alpha value is -3.27. The van der Waals surface area contributed by atoms with Crippen LogP contribution in [0.4, 0.5) is 5.00 Å². The van der Waals surface area contributed by atoms with Gasteiger partial charge in [0, 0.05) is 0 Å². The molecular weight excluding hydrogens is 450 g/mol. The van der Waals surface area contributed by atoms with Crippen LogP contribution in [-0.2, 0) is 20.7 Å². The van der Waals surface area contributed by atoms with Crippen molar-refractivity contribution >= 4 is 34.2 Å². The Morgan fingerprint density at radius 1 is 0.970 bits per heavy atom. The second-order valence-electron chi connectivity index (χ2n) is 7.29. The second kappa shape index (κ2) is 12.1. The minimum Gasteiger partial charge on any atom is -0.493 e. The van der Waals surface area contributed by atoms with Gasteiger partial charge in [-0.05, 0) is 42.3 Å². The van der Waals surface area contributed by atoms with E-state index in [1.54, 1.807) is 6.92 Å². The summed E-state index contributed by atoms with van der Waals surface area (Å²) in [5.41, 5.74) is 1.21. The molecule has 1 amide bonds. The Kier molecular flexibility index (Phi) is 9.53. The van der Waals surface area contributed by atoms with Crippen molar-refractivity contribution in [3.05, 3.63) is 34.2 Å². The van der Waals surface area contributed by atoms with Crippen LogP contribution in [0.5, 0.6) is 17.2 Å². The molecule has 0 saturated heterocycles. The van der Waals surface area contributed by atoms with Crippen molar-refractivity contribution in [3.63, 3.8) is 0 Å². The number of hydrogen-bond acceptors (Lipinski definition) is 9. The van der Waals surface area contributed by atoms with E-state index >= 15 is 0 Å². The fraction of sp³-hybridized carbons (Fsp3) is 0.435. The highest BCUT2D eigenvalue weighted by molar-refractivity contribution is 7.15. The van der Waals surface area contributed by atoms with Crippen molar-refractivity contribution in [1.29, 1.82) is 0 Å². The van der Waals surface area contributed by atoms with Crippen LogP contribution in [0.15, 0.2) is 17.5 Å². The van der Waals surface area contributed by atoms with E-state index in [2.05, 4.69) is 5.32 Å². The van der Waals surface area contributed by atoms with Crippen LogP contribution in [0.2, 0.25) is 0 Å². The Bertz CT molecular complexity index is 999. The van der Waals surface area contributed by atoms with Crippen molar-refractivity contribution < 1.29 is 38.1 Å². The van der Waals surface area contributed by atoms with Gasteiger partial charge in [-0.25, -0.2) is 9.59 Å². The number of amides is 1. The molecule has 0 atom stereocenters. The first-order valence-corrected chi connectivity index (χ1v) is 11.2. The molecule has 180 valence electrons. The largest absolute Gasteiger partial charge is 0.493 e. The molecular formula is C23H29NO8S. The van der Waals surface area contributed by atoms with Crippen LogP contribution in [0, 0.1) is 5.92 Å². The maximum Gasteiger partial charge on any atom is 0.342 e. The third-order valence-electron chi connectivity index (χ3n) is 4.49. The Balaban J connectivity index is 2.14. The minimum atomic E-state index is -0.778. The van der Waals surface area contributed by atoms with E-state index in [0.29, 0.717) is 28.7 Å². The number of methoxy groups -OCH3 is 3. The van der Waals surface area contributed by atoms with Gasteiger partial charge in [-0.3, -0.25) is 4.79 Å². The van der Waals surface area contributed by atoms with Gasteiger partial charge in [0.2, 0.25) is 5.75 Å². The van der Waals surface area contributed by atoms with Crippen LogP contribution in [-0.4, -0.2) is 52.4 Å². The molecule has 0 fully saturated rings. The first-order valence-electron chi connectivity index (χ1n) is 10.3. The lowest BCUT2D eigenvalue weighted by molar-refractivity contribution is -0.119. The smallest absolute Gasteiger partial charge is 0.342 e. The molecule has 0 radical (unpaired) electrons. The van der Waals surface area contributed by atoms with E-state index in [9.17, 15) is 14.4 Å². The van der Waals surface area contributed by atoms with Crippen molar-refractivity contribution in [2.45, 2.75) is 27.2 Å². The van der Waals surface area contributed by atoms with E-state index in [1.807, 2.05) is 19.2 Å². The summed E-state index contributed by atoms with van der Waals surface area (Å²) in [6.07, 6.45) is 0.661. The number of carbonyl (C=O) groups excluding carboxylic acids is 3. The number of benzene rings is 1. The molecule has 33 heavy (non-hydrogen) atoms. The lowest BCUT2D eigenvalue weighted by Gasteiger charge is -2.15. The van der Waals surface area contributed by atoms with E-state index in [4.69, 9.17) is 23.7 Å². The molecule has 0 bridgehead atoms. The van der Waals surface area contributed by atoms with Gasteiger partial charge in [0.15, 0.2) is 18.1 Å². The van der Waals surface area contributed by atoms with Crippen LogP contribution in [0.3, 0.4) is 0 Å². The zero-order chi connectivity index (χ0) is 24.5. The van der Waals surface area contributed by atoms with E-state index in [0.717, 1.165) is 5.56 Å². The zero-order valence-corrected chi connectivity index (χ0v) is 20.4. The molecule has 2 aromatic rings. The molecule has 0 unspecified atom stereocenters. The maximum absolute atomic E-state index is 12.6. The average Bonchev–Trinajstić information content (AvgIpc) is 3.17. The Labute approximate surface area is 196 Å². The van der Waals surface area contributed by atoms with Gasteiger partial charge in [0.25, 0.3) is 5.91 Å². The number of nitrogens with one attached hydrogen (secondary N) is 1. The standard InChI is InChI=1S/C23H29NO8S/c1-7-31-23(27)18-14(10-13(2)3)12-33-21(18)24-17(25)11-32-22(26)15-8-9-16(28-4)20(30-6)19(15)29-5/h8-9,12-13H,7,10-11H2,1-6H3,(H,24,25). The molecule has 2 rings (SSSR count). The van der Waals surface area contributed by atoms with Crippen LogP contribution >= 0.6 is 11.3 Å². The summed E-state index contributed by atoms with van der Waals surface area (Å²) >= 11 is 1.22. The zero-order valence-electron chi connectivity index (χ0n) is 19.6. The molecule has 0 saturated carbocycles. The van der Waals surface area contributed by atoms with Gasteiger partial charge >= 0.3 is 11.9 Å². The molecule has 10 heteroatoms. The molecule has 0 aliphatic heterocycles. The molecule has 1 aromatic carbocycles. The van der Waals surface area contributed by atoms with Gasteiger partial charge in [0.1, 0.15) is 10.6 Å². The van der Waals surface area contributed by atoms with Crippen molar-refractivity contribution in [2.24, 2.45) is 5.92 Å². The van der Waals surface area contributed by atoms with Gasteiger partial charge < -0.3 is 29.0 Å². The summed E-state index contributed by atoms with van der Waals surface area (Å²) in [5, 5.41) is 4.82. The fourth-order valence-corrected chi connectivity index (χ4v) is 4.12. The lowest BCUT2D eigenvalue weighted by Crippen LogP contribution is -2.22. The molecule has 1 heterocycles. The highest BCUT2D eigenvalue weighted by Crippen LogP contribution is 2.40. The van der Waals surface area contributed by atoms with Crippen LogP contribution in [0.1, 0.15) is 47.1 Å². The minimum absolute atomic E-state index is 0.0745. The van der Waals surface area contributed by atoms with Crippen molar-refractivity contribution in [2.75, 3.05) is 39.9 Å². The SMILES string of the molecule is CCOC(=O)c1c(CC(C)C)csc1NC(=O)COC(=O)c1ccc(OC)c(OC)c1OC. The van der Waals surface area contributed by atoms with Gasteiger partial charge in [-0.15, -0.1) is 11.3 Å². The molecule has 0 aliphatic rings. The number of thiophene rings is 1. The summed E-state index contributed by atoms with van der Waals surface area (Å²) < 4.78 is 26.0. The number of anilines is 1. The highest BCUT2D eigenvalue weighted by Gasteiger charge is 2.24. The number of esters is 2. The average molecular weight is 480 g/mol. The number of rotatable bonds is 11. The summed E-state index contributed by atoms with van der Waals surface area (Å²) in [5.74, 6) is -0.820. The third-order valence-corrected chi connectivity index (χ3v) is 5.43. The van der Waals surface area contributed by atoms with Gasteiger partial charge in [-0.2, -0.15) is 0 Å². The maximum atomic E-state index is 12.6. The molecule has 1 N–H and O–H groups in total. The number of ether oxygens (including phenoxy) is 5. The summed E-state index contributed by atoms with van der Waals surface area (Å²) in [4.78, 5) is 37.5. The summed E-state index contributed by atoms with van der Waals surface area (Å²) in [7, 11) is 4.25. The second-order valence-corrected chi connectivity index (χ2v) is 8.17. The van der Waals surface area contributed by atoms with Gasteiger partial charge in [0.05, 0.1) is 33.5 Å². The summed E-state index contributed by atoms with van der Waals surface area (Å²) in [6, 6.07) is 2.99. The Morgan fingerprint density at radius 3 is 2.24 bits per heavy atom. The van der Waals surface area contributed by atoms with E-state index in [1.165, 1.54) is 44.8 Å². The Morgan fingerprint density at radius 2 is 1.67 bits per heavy atom. The normalized spacial score (nSPS) is 10.5. The van der Waals surface area contributed by atoms with Crippen molar-refractivity contribution in [3.8, 4) is 17.2 Å².